The van der Waals surface area contributed by atoms with Gasteiger partial charge in [0.25, 0.3) is 0 Å². The first-order chi connectivity index (χ1) is 16.7. The number of methoxy groups -OCH3 is 1. The zero-order chi connectivity index (χ0) is 26.0. The summed E-state index contributed by atoms with van der Waals surface area (Å²) in [5.74, 6) is -1.78. The summed E-state index contributed by atoms with van der Waals surface area (Å²) in [5.41, 5.74) is 1.36. The number of amides is 2. The number of thioether (sulfide) groups is 1. The number of aromatic hydroxyl groups is 1. The number of nitrogens with one attached hydrogen (secondary N) is 2. The first-order valence-corrected chi connectivity index (χ1v) is 12.2. The highest BCUT2D eigenvalue weighted by Crippen LogP contribution is 2.30. The molecule has 4 atom stereocenters. The Kier molecular flexibility index (Phi) is 10.8. The van der Waals surface area contributed by atoms with Crippen molar-refractivity contribution in [2.24, 2.45) is 5.92 Å². The largest absolute Gasteiger partial charge is 0.508 e. The minimum absolute atomic E-state index is 0.0864. The van der Waals surface area contributed by atoms with Crippen LogP contribution in [-0.4, -0.2) is 47.2 Å². The van der Waals surface area contributed by atoms with E-state index in [2.05, 4.69) is 10.6 Å². The van der Waals surface area contributed by atoms with Crippen molar-refractivity contribution < 1.29 is 29.0 Å². The standard InChI is InChI=1S/C26H32N2O6S/c1-5-16(2)22(28-25(32)23(35-17(3)29)19-9-7-6-8-10-19)24(31)27-21(26(33)34-4)15-18-11-13-20(30)14-12-18/h6-14,16,21-23,30H,5,15H2,1-4H3,(H,27,31)(H,28,32)/t16-,21-,22-,23-/m0/s1. The molecule has 0 saturated heterocycles. The molecule has 0 spiro atoms. The average molecular weight is 501 g/mol. The summed E-state index contributed by atoms with van der Waals surface area (Å²) >= 11 is 0.882. The van der Waals surface area contributed by atoms with Crippen molar-refractivity contribution in [3.63, 3.8) is 0 Å². The smallest absolute Gasteiger partial charge is 0.328 e. The van der Waals surface area contributed by atoms with Gasteiger partial charge in [0.15, 0.2) is 5.12 Å². The van der Waals surface area contributed by atoms with E-state index in [-0.39, 0.29) is 23.2 Å². The molecule has 0 saturated carbocycles. The third kappa shape index (κ3) is 8.43. The Morgan fingerprint density at radius 3 is 2.14 bits per heavy atom. The Balaban J connectivity index is 2.24. The Morgan fingerprint density at radius 1 is 0.971 bits per heavy atom. The first-order valence-electron chi connectivity index (χ1n) is 11.3. The van der Waals surface area contributed by atoms with Crippen molar-refractivity contribution in [2.45, 2.75) is 50.9 Å². The van der Waals surface area contributed by atoms with E-state index in [1.165, 1.54) is 26.2 Å². The van der Waals surface area contributed by atoms with Gasteiger partial charge in [-0.1, -0.05) is 74.5 Å². The summed E-state index contributed by atoms with van der Waals surface area (Å²) in [6.07, 6.45) is 0.738. The lowest BCUT2D eigenvalue weighted by molar-refractivity contribution is -0.145. The maximum absolute atomic E-state index is 13.3. The summed E-state index contributed by atoms with van der Waals surface area (Å²) in [6.45, 7) is 5.11. The molecule has 2 amide bonds. The topological polar surface area (TPSA) is 122 Å². The fraction of sp³-hybridized carbons (Fsp3) is 0.385. The molecule has 0 radical (unpaired) electrons. The summed E-state index contributed by atoms with van der Waals surface area (Å²) in [7, 11) is 1.23. The van der Waals surface area contributed by atoms with E-state index in [1.807, 2.05) is 19.9 Å². The molecular weight excluding hydrogens is 468 g/mol. The average Bonchev–Trinajstić information content (AvgIpc) is 2.85. The molecule has 2 rings (SSSR count). The van der Waals surface area contributed by atoms with Gasteiger partial charge in [-0.15, -0.1) is 0 Å². The van der Waals surface area contributed by atoms with E-state index in [9.17, 15) is 24.3 Å². The molecule has 188 valence electrons. The van der Waals surface area contributed by atoms with Crippen LogP contribution >= 0.6 is 11.8 Å². The monoisotopic (exact) mass is 500 g/mol. The van der Waals surface area contributed by atoms with Crippen LogP contribution < -0.4 is 10.6 Å². The van der Waals surface area contributed by atoms with Crippen molar-refractivity contribution in [1.82, 2.24) is 10.6 Å². The van der Waals surface area contributed by atoms with Gasteiger partial charge in [0.2, 0.25) is 11.8 Å². The molecule has 0 fully saturated rings. The van der Waals surface area contributed by atoms with Crippen LogP contribution in [0.1, 0.15) is 43.6 Å². The number of rotatable bonds is 11. The van der Waals surface area contributed by atoms with Gasteiger partial charge in [0, 0.05) is 13.3 Å². The van der Waals surface area contributed by atoms with Gasteiger partial charge in [-0.2, -0.15) is 0 Å². The van der Waals surface area contributed by atoms with E-state index in [0.717, 1.165) is 11.8 Å². The minimum atomic E-state index is -0.989. The van der Waals surface area contributed by atoms with Crippen LogP contribution in [-0.2, 0) is 30.3 Å². The SMILES string of the molecule is CC[C@H](C)[C@H](NC(=O)[C@@H](SC(C)=O)c1ccccc1)C(=O)N[C@@H](Cc1ccc(O)cc1)C(=O)OC. The molecule has 0 aliphatic heterocycles. The number of hydrogen-bond donors (Lipinski definition) is 3. The normalized spacial score (nSPS) is 14.2. The fourth-order valence-corrected chi connectivity index (χ4v) is 4.26. The van der Waals surface area contributed by atoms with Crippen molar-refractivity contribution in [3.8, 4) is 5.75 Å². The lowest BCUT2D eigenvalue weighted by atomic mass is 9.97. The minimum Gasteiger partial charge on any atom is -0.508 e. The maximum Gasteiger partial charge on any atom is 0.328 e. The van der Waals surface area contributed by atoms with Gasteiger partial charge in [-0.05, 0) is 29.2 Å². The predicted molar refractivity (Wildman–Crippen MR) is 135 cm³/mol. The van der Waals surface area contributed by atoms with E-state index >= 15 is 0 Å². The molecule has 8 nitrogen and oxygen atoms in total. The Bertz CT molecular complexity index is 1010. The Labute approximate surface area is 209 Å². The van der Waals surface area contributed by atoms with Gasteiger partial charge in [-0.3, -0.25) is 14.4 Å². The highest BCUT2D eigenvalue weighted by molar-refractivity contribution is 8.14. The summed E-state index contributed by atoms with van der Waals surface area (Å²) in [5, 5.41) is 14.0. The quantitative estimate of drug-likeness (QED) is 0.405. The second-order valence-electron chi connectivity index (χ2n) is 8.23. The van der Waals surface area contributed by atoms with Crippen LogP contribution in [0.3, 0.4) is 0 Å². The molecule has 0 aliphatic carbocycles. The van der Waals surface area contributed by atoms with Crippen LogP contribution in [0, 0.1) is 5.92 Å². The summed E-state index contributed by atoms with van der Waals surface area (Å²) in [6, 6.07) is 13.2. The lowest BCUT2D eigenvalue weighted by Crippen LogP contribution is -2.55. The van der Waals surface area contributed by atoms with Crippen molar-refractivity contribution in [1.29, 1.82) is 0 Å². The van der Waals surface area contributed by atoms with Crippen molar-refractivity contribution in [3.05, 3.63) is 65.7 Å². The Hall–Kier alpha value is -3.33. The number of phenols is 1. The second-order valence-corrected chi connectivity index (χ2v) is 9.51. The second kappa shape index (κ2) is 13.5. The number of carbonyl (C=O) groups excluding carboxylic acids is 4. The molecule has 0 aromatic heterocycles. The lowest BCUT2D eigenvalue weighted by Gasteiger charge is -2.27. The molecular formula is C26H32N2O6S. The molecule has 0 heterocycles. The first kappa shape index (κ1) is 27.9. The number of ether oxygens (including phenoxy) is 1. The highest BCUT2D eigenvalue weighted by atomic mass is 32.2. The summed E-state index contributed by atoms with van der Waals surface area (Å²) < 4.78 is 4.87. The zero-order valence-electron chi connectivity index (χ0n) is 20.3. The molecule has 3 N–H and O–H groups in total. The van der Waals surface area contributed by atoms with Crippen LogP contribution in [0.5, 0.6) is 5.75 Å². The summed E-state index contributed by atoms with van der Waals surface area (Å²) in [4.78, 5) is 50.8. The van der Waals surface area contributed by atoms with E-state index in [0.29, 0.717) is 17.5 Å². The van der Waals surface area contributed by atoms with Crippen molar-refractivity contribution in [2.75, 3.05) is 7.11 Å². The number of carbonyl (C=O) groups is 4. The Morgan fingerprint density at radius 2 is 1.60 bits per heavy atom. The number of hydrogen-bond acceptors (Lipinski definition) is 7. The predicted octanol–water partition coefficient (Wildman–Crippen LogP) is 3.14. The van der Waals surface area contributed by atoms with Gasteiger partial charge in [0.1, 0.15) is 23.1 Å². The third-order valence-corrected chi connectivity index (χ3v) is 6.65. The third-order valence-electron chi connectivity index (χ3n) is 5.60. The van der Waals surface area contributed by atoms with E-state index < -0.39 is 35.1 Å². The van der Waals surface area contributed by atoms with Gasteiger partial charge in [-0.25, -0.2) is 4.79 Å². The molecule has 0 bridgehead atoms. The van der Waals surface area contributed by atoms with E-state index in [1.54, 1.807) is 36.4 Å². The molecule has 2 aromatic carbocycles. The number of benzene rings is 2. The van der Waals surface area contributed by atoms with Gasteiger partial charge in [0.05, 0.1) is 7.11 Å². The molecule has 35 heavy (non-hydrogen) atoms. The number of phenolic OH excluding ortho intramolecular Hbond substituents is 1. The van der Waals surface area contributed by atoms with Gasteiger partial charge >= 0.3 is 5.97 Å². The van der Waals surface area contributed by atoms with Crippen LogP contribution in [0.4, 0.5) is 0 Å². The molecule has 0 unspecified atom stereocenters. The molecule has 0 aliphatic rings. The highest BCUT2D eigenvalue weighted by Gasteiger charge is 2.33. The maximum atomic E-state index is 13.3. The van der Waals surface area contributed by atoms with E-state index in [4.69, 9.17) is 4.74 Å². The van der Waals surface area contributed by atoms with Crippen LogP contribution in [0.15, 0.2) is 54.6 Å². The number of esters is 1. The van der Waals surface area contributed by atoms with Crippen LogP contribution in [0.25, 0.3) is 0 Å². The molecule has 2 aromatic rings. The fourth-order valence-electron chi connectivity index (χ4n) is 3.46. The van der Waals surface area contributed by atoms with Crippen LogP contribution in [0.2, 0.25) is 0 Å². The van der Waals surface area contributed by atoms with Crippen molar-refractivity contribution >= 4 is 34.7 Å². The van der Waals surface area contributed by atoms with Gasteiger partial charge < -0.3 is 20.5 Å². The zero-order valence-corrected chi connectivity index (χ0v) is 21.1. The molecule has 9 heteroatoms.